The molecule has 0 fully saturated rings. The SMILES string of the molecule is COc1ncc(Cl)cc1S(=O)(=O)Nc1cccc(-c2ccc3nc(NC(=O)C(C)(C)C)ncc3c2)c1C. The summed E-state index contributed by atoms with van der Waals surface area (Å²) < 4.78 is 34.0. The lowest BCUT2D eigenvalue weighted by molar-refractivity contribution is -0.123. The van der Waals surface area contributed by atoms with Crippen LogP contribution >= 0.6 is 11.6 Å². The van der Waals surface area contributed by atoms with Gasteiger partial charge in [-0.2, -0.15) is 0 Å². The Bertz CT molecular complexity index is 1620. The molecule has 0 aliphatic heterocycles. The highest BCUT2D eigenvalue weighted by atomic mass is 35.5. The van der Waals surface area contributed by atoms with Crippen LogP contribution in [-0.4, -0.2) is 36.4 Å². The zero-order valence-electron chi connectivity index (χ0n) is 21.0. The Labute approximate surface area is 220 Å². The molecule has 4 rings (SSSR count). The number of fused-ring (bicyclic) bond motifs is 1. The van der Waals surface area contributed by atoms with Crippen molar-refractivity contribution in [2.45, 2.75) is 32.6 Å². The first-order chi connectivity index (χ1) is 17.4. The summed E-state index contributed by atoms with van der Waals surface area (Å²) in [6, 6.07) is 12.3. The monoisotopic (exact) mass is 539 g/mol. The Hall–Kier alpha value is -3.76. The number of nitrogens with zero attached hydrogens (tertiary/aromatic N) is 3. The molecule has 0 aliphatic rings. The number of aromatic nitrogens is 3. The van der Waals surface area contributed by atoms with Crippen molar-refractivity contribution in [1.82, 2.24) is 15.0 Å². The standard InChI is InChI=1S/C26H26ClN5O4S/c1-15-19(7-6-8-20(15)32-37(34,35)22-12-18(27)14-28-23(22)36-5)16-9-10-21-17(11-16)13-29-25(30-21)31-24(33)26(2,3)4/h6-14,32H,1-5H3,(H,29,30,31,33). The lowest BCUT2D eigenvalue weighted by atomic mass is 9.96. The Morgan fingerprint density at radius 1 is 1.05 bits per heavy atom. The number of hydrogen-bond donors (Lipinski definition) is 2. The minimum atomic E-state index is -4.04. The number of anilines is 2. The van der Waals surface area contributed by atoms with Crippen molar-refractivity contribution in [3.05, 3.63) is 65.4 Å². The van der Waals surface area contributed by atoms with Crippen molar-refractivity contribution in [2.75, 3.05) is 17.1 Å². The number of rotatable bonds is 6. The molecule has 0 aliphatic carbocycles. The fourth-order valence-electron chi connectivity index (χ4n) is 3.56. The first kappa shape index (κ1) is 26.3. The Morgan fingerprint density at radius 3 is 2.51 bits per heavy atom. The molecule has 0 unspecified atom stereocenters. The van der Waals surface area contributed by atoms with E-state index >= 15 is 0 Å². The molecule has 11 heteroatoms. The summed E-state index contributed by atoms with van der Waals surface area (Å²) in [6.45, 7) is 7.27. The normalized spacial score (nSPS) is 11.8. The number of halogens is 1. The van der Waals surface area contributed by atoms with Crippen molar-refractivity contribution in [2.24, 2.45) is 5.41 Å². The molecule has 37 heavy (non-hydrogen) atoms. The largest absolute Gasteiger partial charge is 0.480 e. The molecule has 4 aromatic rings. The van der Waals surface area contributed by atoms with Crippen LogP contribution in [0.3, 0.4) is 0 Å². The molecule has 0 bridgehead atoms. The second-order valence-electron chi connectivity index (χ2n) is 9.42. The highest BCUT2D eigenvalue weighted by Crippen LogP contribution is 2.33. The Kier molecular flexibility index (Phi) is 7.07. The van der Waals surface area contributed by atoms with Crippen LogP contribution in [0.4, 0.5) is 11.6 Å². The first-order valence-electron chi connectivity index (χ1n) is 11.3. The van der Waals surface area contributed by atoms with Gasteiger partial charge in [0.15, 0.2) is 4.90 Å². The molecule has 1 amide bonds. The van der Waals surface area contributed by atoms with E-state index in [9.17, 15) is 13.2 Å². The average Bonchev–Trinajstić information content (AvgIpc) is 2.84. The van der Waals surface area contributed by atoms with Gasteiger partial charge in [-0.15, -0.1) is 0 Å². The number of carbonyl (C=O) groups excluding carboxylic acids is 1. The van der Waals surface area contributed by atoms with E-state index in [-0.39, 0.29) is 27.7 Å². The van der Waals surface area contributed by atoms with Gasteiger partial charge in [0.1, 0.15) is 0 Å². The quantitative estimate of drug-likeness (QED) is 0.334. The lowest BCUT2D eigenvalue weighted by Crippen LogP contribution is -2.28. The maximum atomic E-state index is 13.1. The van der Waals surface area contributed by atoms with E-state index < -0.39 is 15.4 Å². The number of amides is 1. The zero-order valence-corrected chi connectivity index (χ0v) is 22.5. The number of nitrogens with one attached hydrogen (secondary N) is 2. The van der Waals surface area contributed by atoms with Crippen molar-refractivity contribution in [3.63, 3.8) is 0 Å². The summed E-state index contributed by atoms with van der Waals surface area (Å²) in [5.41, 5.74) is 2.88. The maximum Gasteiger partial charge on any atom is 0.267 e. The summed E-state index contributed by atoms with van der Waals surface area (Å²) in [7, 11) is -2.70. The number of hydrogen-bond acceptors (Lipinski definition) is 7. The van der Waals surface area contributed by atoms with Crippen LogP contribution in [0.5, 0.6) is 5.88 Å². The Balaban J connectivity index is 1.66. The fraction of sp³-hybridized carbons (Fsp3) is 0.231. The maximum absolute atomic E-state index is 13.1. The molecule has 2 heterocycles. The summed E-state index contributed by atoms with van der Waals surface area (Å²) in [4.78, 5) is 24.8. The van der Waals surface area contributed by atoms with Gasteiger partial charge in [-0.1, -0.05) is 50.6 Å². The van der Waals surface area contributed by atoms with Crippen molar-refractivity contribution in [3.8, 4) is 17.0 Å². The van der Waals surface area contributed by atoms with E-state index in [4.69, 9.17) is 16.3 Å². The van der Waals surface area contributed by atoms with E-state index in [1.165, 1.54) is 19.4 Å². The van der Waals surface area contributed by atoms with E-state index in [2.05, 4.69) is 25.0 Å². The molecule has 2 N–H and O–H groups in total. The van der Waals surface area contributed by atoms with Gasteiger partial charge in [0.05, 0.1) is 23.3 Å². The van der Waals surface area contributed by atoms with E-state index in [0.29, 0.717) is 16.8 Å². The summed E-state index contributed by atoms with van der Waals surface area (Å²) >= 11 is 5.98. The molecule has 192 valence electrons. The van der Waals surface area contributed by atoms with Crippen LogP contribution in [0.15, 0.2) is 59.8 Å². The van der Waals surface area contributed by atoms with Gasteiger partial charge in [0, 0.05) is 23.2 Å². The second-order valence-corrected chi connectivity index (χ2v) is 11.5. The topological polar surface area (TPSA) is 123 Å². The molecule has 0 spiro atoms. The predicted octanol–water partition coefficient (Wildman–Crippen LogP) is 5.45. The van der Waals surface area contributed by atoms with Crippen LogP contribution < -0.4 is 14.8 Å². The van der Waals surface area contributed by atoms with Crippen molar-refractivity contribution in [1.29, 1.82) is 0 Å². The average molecular weight is 540 g/mol. The Morgan fingerprint density at radius 2 is 1.81 bits per heavy atom. The van der Waals surface area contributed by atoms with E-state index in [0.717, 1.165) is 16.5 Å². The van der Waals surface area contributed by atoms with Crippen LogP contribution in [0.25, 0.3) is 22.0 Å². The fourth-order valence-corrected chi connectivity index (χ4v) is 5.05. The molecule has 2 aromatic carbocycles. The third-order valence-electron chi connectivity index (χ3n) is 5.64. The van der Waals surface area contributed by atoms with E-state index in [1.54, 1.807) is 18.3 Å². The smallest absolute Gasteiger partial charge is 0.267 e. The number of carbonyl (C=O) groups is 1. The number of pyridine rings is 1. The summed E-state index contributed by atoms with van der Waals surface area (Å²) in [5.74, 6) is 0.00141. The van der Waals surface area contributed by atoms with Crippen LogP contribution in [0.1, 0.15) is 26.3 Å². The number of methoxy groups -OCH3 is 1. The van der Waals surface area contributed by atoms with Gasteiger partial charge in [0.25, 0.3) is 10.0 Å². The van der Waals surface area contributed by atoms with Gasteiger partial charge in [-0.25, -0.2) is 23.4 Å². The molecule has 0 saturated carbocycles. The number of ether oxygens (including phenoxy) is 1. The predicted molar refractivity (Wildman–Crippen MR) is 144 cm³/mol. The van der Waals surface area contributed by atoms with E-state index in [1.807, 2.05) is 52.0 Å². The third kappa shape index (κ3) is 5.65. The third-order valence-corrected chi connectivity index (χ3v) is 7.21. The van der Waals surface area contributed by atoms with Gasteiger partial charge in [-0.3, -0.25) is 14.8 Å². The van der Waals surface area contributed by atoms with Crippen LogP contribution in [0.2, 0.25) is 5.02 Å². The van der Waals surface area contributed by atoms with Gasteiger partial charge >= 0.3 is 0 Å². The molecule has 0 saturated heterocycles. The summed E-state index contributed by atoms with van der Waals surface area (Å²) in [5, 5.41) is 3.68. The molecule has 9 nitrogen and oxygen atoms in total. The van der Waals surface area contributed by atoms with Gasteiger partial charge < -0.3 is 4.74 Å². The molecule has 2 aromatic heterocycles. The van der Waals surface area contributed by atoms with Crippen LogP contribution in [0, 0.1) is 12.3 Å². The lowest BCUT2D eigenvalue weighted by Gasteiger charge is -2.17. The molecule has 0 atom stereocenters. The minimum Gasteiger partial charge on any atom is -0.480 e. The highest BCUT2D eigenvalue weighted by Gasteiger charge is 2.24. The molecular formula is C26H26ClN5O4S. The number of sulfonamides is 1. The van der Waals surface area contributed by atoms with Crippen molar-refractivity contribution >= 4 is 50.1 Å². The summed E-state index contributed by atoms with van der Waals surface area (Å²) in [6.07, 6.45) is 2.96. The second kappa shape index (κ2) is 9.95. The number of benzene rings is 2. The van der Waals surface area contributed by atoms with Gasteiger partial charge in [-0.05, 0) is 47.9 Å². The molecular weight excluding hydrogens is 514 g/mol. The zero-order chi connectivity index (χ0) is 27.0. The highest BCUT2D eigenvalue weighted by molar-refractivity contribution is 7.92. The van der Waals surface area contributed by atoms with Crippen molar-refractivity contribution < 1.29 is 17.9 Å². The molecule has 0 radical (unpaired) electrons. The van der Waals surface area contributed by atoms with Gasteiger partial charge in [0.2, 0.25) is 17.7 Å². The van der Waals surface area contributed by atoms with Crippen LogP contribution in [-0.2, 0) is 14.8 Å². The minimum absolute atomic E-state index is 0.0571. The first-order valence-corrected chi connectivity index (χ1v) is 13.2.